The van der Waals surface area contributed by atoms with Crippen molar-refractivity contribution in [2.24, 2.45) is 5.73 Å². The van der Waals surface area contributed by atoms with E-state index in [1.807, 2.05) is 6.92 Å². The SMILES string of the molecule is CCC(O)C(N)c1ccc(F)c(C)c1. The van der Waals surface area contributed by atoms with Crippen molar-refractivity contribution in [1.82, 2.24) is 0 Å². The van der Waals surface area contributed by atoms with Gasteiger partial charge in [-0.1, -0.05) is 19.1 Å². The van der Waals surface area contributed by atoms with Crippen LogP contribution in [0.15, 0.2) is 18.2 Å². The van der Waals surface area contributed by atoms with Crippen LogP contribution in [0.25, 0.3) is 0 Å². The van der Waals surface area contributed by atoms with Crippen LogP contribution in [0.1, 0.15) is 30.5 Å². The summed E-state index contributed by atoms with van der Waals surface area (Å²) >= 11 is 0. The number of aryl methyl sites for hydroxylation is 1. The molecule has 0 heterocycles. The Hall–Kier alpha value is -0.930. The minimum atomic E-state index is -0.570. The normalized spacial score (nSPS) is 15.2. The fraction of sp³-hybridized carbons (Fsp3) is 0.455. The van der Waals surface area contributed by atoms with Crippen LogP contribution in [0.4, 0.5) is 4.39 Å². The summed E-state index contributed by atoms with van der Waals surface area (Å²) in [5, 5.41) is 9.52. The molecule has 3 N–H and O–H groups in total. The van der Waals surface area contributed by atoms with Gasteiger partial charge in [0.05, 0.1) is 12.1 Å². The lowest BCUT2D eigenvalue weighted by Crippen LogP contribution is -2.25. The van der Waals surface area contributed by atoms with Crippen molar-refractivity contribution in [3.8, 4) is 0 Å². The van der Waals surface area contributed by atoms with Crippen LogP contribution >= 0.6 is 0 Å². The van der Waals surface area contributed by atoms with Crippen molar-refractivity contribution >= 4 is 0 Å². The van der Waals surface area contributed by atoms with Gasteiger partial charge in [-0.25, -0.2) is 4.39 Å². The average molecular weight is 197 g/mol. The summed E-state index contributed by atoms with van der Waals surface area (Å²) in [7, 11) is 0. The van der Waals surface area contributed by atoms with Gasteiger partial charge in [-0.3, -0.25) is 0 Å². The second-order valence-corrected chi connectivity index (χ2v) is 3.51. The molecule has 1 rings (SSSR count). The maximum absolute atomic E-state index is 12.9. The van der Waals surface area contributed by atoms with E-state index in [1.54, 1.807) is 19.1 Å². The van der Waals surface area contributed by atoms with Crippen molar-refractivity contribution < 1.29 is 9.50 Å². The Morgan fingerprint density at radius 1 is 1.50 bits per heavy atom. The molecule has 0 spiro atoms. The van der Waals surface area contributed by atoms with Crippen LogP contribution in [0.5, 0.6) is 0 Å². The molecule has 0 aliphatic heterocycles. The Kier molecular flexibility index (Phi) is 3.61. The molecule has 78 valence electrons. The number of hydrogen-bond acceptors (Lipinski definition) is 2. The molecule has 0 aliphatic rings. The van der Waals surface area contributed by atoms with E-state index in [-0.39, 0.29) is 5.82 Å². The summed E-state index contributed by atoms with van der Waals surface area (Å²) < 4.78 is 12.9. The number of hydrogen-bond donors (Lipinski definition) is 2. The standard InChI is InChI=1S/C11H16FNO/c1-3-10(14)11(13)8-4-5-9(12)7(2)6-8/h4-6,10-11,14H,3,13H2,1-2H3. The van der Waals surface area contributed by atoms with Gasteiger partial charge >= 0.3 is 0 Å². The maximum atomic E-state index is 12.9. The molecule has 2 unspecified atom stereocenters. The lowest BCUT2D eigenvalue weighted by molar-refractivity contribution is 0.140. The van der Waals surface area contributed by atoms with Crippen molar-refractivity contribution in [3.05, 3.63) is 35.1 Å². The Labute approximate surface area is 83.6 Å². The smallest absolute Gasteiger partial charge is 0.126 e. The van der Waals surface area contributed by atoms with Gasteiger partial charge in [0.15, 0.2) is 0 Å². The van der Waals surface area contributed by atoms with Crippen LogP contribution in [0, 0.1) is 12.7 Å². The Morgan fingerprint density at radius 2 is 2.14 bits per heavy atom. The molecule has 0 saturated heterocycles. The quantitative estimate of drug-likeness (QED) is 0.777. The highest BCUT2D eigenvalue weighted by Crippen LogP contribution is 2.18. The summed E-state index contributed by atoms with van der Waals surface area (Å²) in [6.07, 6.45) is 0.0253. The van der Waals surface area contributed by atoms with Gasteiger partial charge in [-0.2, -0.15) is 0 Å². The van der Waals surface area contributed by atoms with Crippen LogP contribution < -0.4 is 5.73 Å². The zero-order chi connectivity index (χ0) is 10.7. The monoisotopic (exact) mass is 197 g/mol. The molecule has 2 atom stereocenters. The van der Waals surface area contributed by atoms with Gasteiger partial charge in [0, 0.05) is 0 Å². The number of benzene rings is 1. The van der Waals surface area contributed by atoms with E-state index in [1.165, 1.54) is 6.07 Å². The van der Waals surface area contributed by atoms with Crippen LogP contribution in [0.3, 0.4) is 0 Å². The number of aliphatic hydroxyl groups excluding tert-OH is 1. The third kappa shape index (κ3) is 2.30. The highest BCUT2D eigenvalue weighted by Gasteiger charge is 2.15. The lowest BCUT2D eigenvalue weighted by Gasteiger charge is -2.18. The third-order valence-electron chi connectivity index (χ3n) is 2.40. The number of nitrogens with two attached hydrogens (primary N) is 1. The van der Waals surface area contributed by atoms with E-state index in [4.69, 9.17) is 5.73 Å². The molecule has 0 saturated carbocycles. The van der Waals surface area contributed by atoms with Gasteiger partial charge in [0.1, 0.15) is 5.82 Å². The average Bonchev–Trinajstić information content (AvgIpc) is 2.20. The second-order valence-electron chi connectivity index (χ2n) is 3.51. The maximum Gasteiger partial charge on any atom is 0.126 e. The summed E-state index contributed by atoms with van der Waals surface area (Å²) in [4.78, 5) is 0. The first-order valence-electron chi connectivity index (χ1n) is 4.76. The van der Waals surface area contributed by atoms with E-state index >= 15 is 0 Å². The summed E-state index contributed by atoms with van der Waals surface area (Å²) in [5.74, 6) is -0.244. The third-order valence-corrected chi connectivity index (χ3v) is 2.40. The van der Waals surface area contributed by atoms with Crippen molar-refractivity contribution in [2.75, 3.05) is 0 Å². The first-order valence-corrected chi connectivity index (χ1v) is 4.76. The summed E-state index contributed by atoms with van der Waals surface area (Å²) in [6, 6.07) is 4.25. The summed E-state index contributed by atoms with van der Waals surface area (Å²) in [5.41, 5.74) is 7.13. The molecule has 2 nitrogen and oxygen atoms in total. The van der Waals surface area contributed by atoms with E-state index in [9.17, 15) is 9.50 Å². The van der Waals surface area contributed by atoms with Crippen LogP contribution in [-0.2, 0) is 0 Å². The molecule has 0 radical (unpaired) electrons. The predicted octanol–water partition coefficient (Wildman–Crippen LogP) is 1.90. The van der Waals surface area contributed by atoms with Gasteiger partial charge in [0.25, 0.3) is 0 Å². The number of rotatable bonds is 3. The van der Waals surface area contributed by atoms with Crippen LogP contribution in [-0.4, -0.2) is 11.2 Å². The number of aliphatic hydroxyl groups is 1. The van der Waals surface area contributed by atoms with E-state index in [2.05, 4.69) is 0 Å². The van der Waals surface area contributed by atoms with Gasteiger partial charge < -0.3 is 10.8 Å². The summed E-state index contributed by atoms with van der Waals surface area (Å²) in [6.45, 7) is 3.55. The molecule has 14 heavy (non-hydrogen) atoms. The van der Waals surface area contributed by atoms with E-state index in [0.717, 1.165) is 5.56 Å². The zero-order valence-corrected chi connectivity index (χ0v) is 8.50. The largest absolute Gasteiger partial charge is 0.391 e. The molecule has 0 aromatic heterocycles. The first-order chi connectivity index (χ1) is 6.56. The van der Waals surface area contributed by atoms with Gasteiger partial charge in [-0.05, 0) is 30.5 Å². The molecule has 0 aliphatic carbocycles. The molecule has 0 bridgehead atoms. The van der Waals surface area contributed by atoms with Gasteiger partial charge in [0.2, 0.25) is 0 Å². The molecular formula is C11H16FNO. The predicted molar refractivity (Wildman–Crippen MR) is 54.4 cm³/mol. The minimum Gasteiger partial charge on any atom is -0.391 e. The van der Waals surface area contributed by atoms with Crippen LogP contribution in [0.2, 0.25) is 0 Å². The van der Waals surface area contributed by atoms with E-state index in [0.29, 0.717) is 12.0 Å². The highest BCUT2D eigenvalue weighted by molar-refractivity contribution is 5.26. The minimum absolute atomic E-state index is 0.244. The Bertz CT molecular complexity index is 314. The van der Waals surface area contributed by atoms with E-state index < -0.39 is 12.1 Å². The Morgan fingerprint density at radius 3 is 2.64 bits per heavy atom. The number of halogens is 1. The molecular weight excluding hydrogens is 181 g/mol. The molecule has 0 fully saturated rings. The fourth-order valence-corrected chi connectivity index (χ4v) is 1.35. The molecule has 1 aromatic carbocycles. The van der Waals surface area contributed by atoms with Crippen molar-refractivity contribution in [3.63, 3.8) is 0 Å². The molecule has 3 heteroatoms. The second kappa shape index (κ2) is 4.53. The van der Waals surface area contributed by atoms with Crippen molar-refractivity contribution in [2.45, 2.75) is 32.4 Å². The molecule has 1 aromatic rings. The van der Waals surface area contributed by atoms with Crippen molar-refractivity contribution in [1.29, 1.82) is 0 Å². The highest BCUT2D eigenvalue weighted by atomic mass is 19.1. The van der Waals surface area contributed by atoms with Gasteiger partial charge in [-0.15, -0.1) is 0 Å². The molecule has 0 amide bonds. The fourth-order valence-electron chi connectivity index (χ4n) is 1.35. The first kappa shape index (κ1) is 11.1. The Balaban J connectivity index is 2.91. The lowest BCUT2D eigenvalue weighted by atomic mass is 9.99. The topological polar surface area (TPSA) is 46.2 Å². The zero-order valence-electron chi connectivity index (χ0n) is 8.50.